The van der Waals surface area contributed by atoms with Crippen molar-refractivity contribution in [3.05, 3.63) is 68.8 Å². The van der Waals surface area contributed by atoms with Crippen molar-refractivity contribution in [1.29, 1.82) is 0 Å². The van der Waals surface area contributed by atoms with E-state index in [9.17, 15) is 0 Å². The Morgan fingerprint density at radius 1 is 0.926 bits per heavy atom. The van der Waals surface area contributed by atoms with E-state index in [1.807, 2.05) is 25.1 Å². The molecular weight excluding hydrogens is 419 g/mol. The van der Waals surface area contributed by atoms with E-state index in [1.54, 1.807) is 23.5 Å². The fourth-order valence-electron chi connectivity index (χ4n) is 2.63. The van der Waals surface area contributed by atoms with Crippen LogP contribution in [0.3, 0.4) is 0 Å². The number of rotatable bonds is 5. The molecule has 2 aromatic carbocycles. The summed E-state index contributed by atoms with van der Waals surface area (Å²) in [4.78, 5) is 9.62. The third-order valence-corrected chi connectivity index (χ3v) is 6.56. The molecule has 2 heterocycles. The van der Waals surface area contributed by atoms with Gasteiger partial charge in [-0.3, -0.25) is 0 Å². The van der Waals surface area contributed by atoms with E-state index in [4.69, 9.17) is 33.2 Å². The summed E-state index contributed by atoms with van der Waals surface area (Å²) in [5.74, 6) is 0. The zero-order valence-corrected chi connectivity index (χ0v) is 17.5. The number of benzene rings is 2. The molecule has 0 fully saturated rings. The van der Waals surface area contributed by atoms with Gasteiger partial charge in [-0.05, 0) is 49.2 Å². The van der Waals surface area contributed by atoms with Gasteiger partial charge in [0.05, 0.1) is 26.8 Å². The van der Waals surface area contributed by atoms with Gasteiger partial charge < -0.3 is 0 Å². The average molecular weight is 433 g/mol. The minimum atomic E-state index is 0.471. The second-order valence-electron chi connectivity index (χ2n) is 5.91. The largest absolute Gasteiger partial charge is 0.248 e. The second-order valence-corrected chi connectivity index (χ2v) is 9.14. The van der Waals surface area contributed by atoms with Gasteiger partial charge in [-0.15, -0.1) is 10.2 Å². The fourth-order valence-corrected chi connectivity index (χ4v) is 4.78. The van der Waals surface area contributed by atoms with Crippen molar-refractivity contribution >= 4 is 57.3 Å². The highest BCUT2D eigenvalue weighted by Gasteiger charge is 2.14. The Labute approximate surface area is 175 Å². The van der Waals surface area contributed by atoms with Crippen LogP contribution in [-0.2, 0) is 12.8 Å². The van der Waals surface area contributed by atoms with Gasteiger partial charge in [-0.1, -0.05) is 64.9 Å². The molecule has 0 aliphatic rings. The van der Waals surface area contributed by atoms with Crippen molar-refractivity contribution < 1.29 is 0 Å². The molecule has 0 saturated heterocycles. The summed E-state index contributed by atoms with van der Waals surface area (Å²) in [6, 6.07) is 13.9. The zero-order chi connectivity index (χ0) is 18.8. The van der Waals surface area contributed by atoms with Crippen molar-refractivity contribution in [3.8, 4) is 0 Å². The van der Waals surface area contributed by atoms with E-state index >= 15 is 0 Å². The zero-order valence-electron chi connectivity index (χ0n) is 14.3. The lowest BCUT2D eigenvalue weighted by Crippen LogP contribution is -2.01. The normalized spacial score (nSPS) is 11.2. The minimum absolute atomic E-state index is 0.471. The molecule has 0 atom stereocenters. The fraction of sp³-hybridized carbons (Fsp3) is 0.158. The third kappa shape index (κ3) is 4.41. The molecule has 0 unspecified atom stereocenters. The van der Waals surface area contributed by atoms with Crippen molar-refractivity contribution in [3.63, 3.8) is 0 Å². The van der Waals surface area contributed by atoms with Crippen LogP contribution >= 0.6 is 46.3 Å². The van der Waals surface area contributed by atoms with Crippen LogP contribution in [0.5, 0.6) is 0 Å². The van der Waals surface area contributed by atoms with Gasteiger partial charge in [0.15, 0.2) is 4.34 Å². The van der Waals surface area contributed by atoms with Gasteiger partial charge in [0.1, 0.15) is 10.0 Å². The summed E-state index contributed by atoms with van der Waals surface area (Å²) in [6.07, 6.45) is 1.65. The highest BCUT2D eigenvalue weighted by atomic mass is 35.5. The number of nitrogens with zero attached hydrogens (tertiary/aromatic N) is 4. The van der Waals surface area contributed by atoms with E-state index in [-0.39, 0.29) is 0 Å². The first-order chi connectivity index (χ1) is 13.1. The maximum absolute atomic E-state index is 6.16. The Bertz CT molecular complexity index is 1100. The van der Waals surface area contributed by atoms with Crippen molar-refractivity contribution in [2.45, 2.75) is 29.1 Å². The first-order valence-corrected chi connectivity index (χ1v) is 10.6. The molecule has 136 valence electrons. The van der Waals surface area contributed by atoms with Gasteiger partial charge in [-0.2, -0.15) is 0 Å². The van der Waals surface area contributed by atoms with Crippen LogP contribution < -0.4 is 0 Å². The number of hydrogen-bond acceptors (Lipinski definition) is 6. The monoisotopic (exact) mass is 432 g/mol. The van der Waals surface area contributed by atoms with Gasteiger partial charge in [-0.25, -0.2) is 9.97 Å². The van der Waals surface area contributed by atoms with Crippen molar-refractivity contribution in [2.75, 3.05) is 0 Å². The SMILES string of the molecule is Cc1nnc(Sc2nc3cc(Cl)c(Cl)cc3nc2CCc2ccccc2)s1. The summed E-state index contributed by atoms with van der Waals surface area (Å²) in [7, 11) is 0. The lowest BCUT2D eigenvalue weighted by molar-refractivity contribution is 0.863. The number of hydrogen-bond donors (Lipinski definition) is 0. The summed E-state index contributed by atoms with van der Waals surface area (Å²) in [6.45, 7) is 1.94. The second kappa shape index (κ2) is 8.10. The van der Waals surface area contributed by atoms with Gasteiger partial charge in [0, 0.05) is 0 Å². The van der Waals surface area contributed by atoms with E-state index in [2.05, 4.69) is 22.3 Å². The predicted octanol–water partition coefficient (Wildman–Crippen LogP) is 6.03. The predicted molar refractivity (Wildman–Crippen MR) is 112 cm³/mol. The van der Waals surface area contributed by atoms with Crippen LogP contribution in [0.2, 0.25) is 10.0 Å². The maximum atomic E-state index is 6.16. The lowest BCUT2D eigenvalue weighted by atomic mass is 10.1. The van der Waals surface area contributed by atoms with Gasteiger partial charge in [0.25, 0.3) is 0 Å². The molecule has 0 saturated carbocycles. The first-order valence-electron chi connectivity index (χ1n) is 8.26. The molecule has 0 bridgehead atoms. The van der Waals surface area contributed by atoms with E-state index in [0.29, 0.717) is 10.0 Å². The molecule has 0 radical (unpaired) electrons. The van der Waals surface area contributed by atoms with Crippen molar-refractivity contribution in [1.82, 2.24) is 20.2 Å². The van der Waals surface area contributed by atoms with Gasteiger partial charge in [0.2, 0.25) is 0 Å². The summed E-state index contributed by atoms with van der Waals surface area (Å²) >= 11 is 15.4. The molecule has 0 N–H and O–H groups in total. The topological polar surface area (TPSA) is 51.6 Å². The number of aromatic nitrogens is 4. The molecule has 4 rings (SSSR count). The molecule has 4 aromatic rings. The van der Waals surface area contributed by atoms with Crippen LogP contribution in [0, 0.1) is 6.92 Å². The summed E-state index contributed by atoms with van der Waals surface area (Å²) in [5, 5.41) is 11.0. The highest BCUT2D eigenvalue weighted by molar-refractivity contribution is 8.01. The van der Waals surface area contributed by atoms with E-state index in [0.717, 1.165) is 43.9 Å². The molecule has 0 aliphatic heterocycles. The number of halogens is 2. The smallest absolute Gasteiger partial charge is 0.180 e. The van der Waals surface area contributed by atoms with Crippen LogP contribution in [0.4, 0.5) is 0 Å². The Hall–Kier alpha value is -1.73. The molecule has 8 heteroatoms. The van der Waals surface area contributed by atoms with E-state index in [1.165, 1.54) is 17.3 Å². The molecular formula is C19H14Cl2N4S2. The number of fused-ring (bicyclic) bond motifs is 1. The van der Waals surface area contributed by atoms with Crippen LogP contribution in [-0.4, -0.2) is 20.2 Å². The quantitative estimate of drug-likeness (QED) is 0.385. The lowest BCUT2D eigenvalue weighted by Gasteiger charge is -2.09. The summed E-state index contributed by atoms with van der Waals surface area (Å²) < 4.78 is 0.849. The Kier molecular flexibility index (Phi) is 5.59. The van der Waals surface area contributed by atoms with Crippen LogP contribution in [0.25, 0.3) is 11.0 Å². The van der Waals surface area contributed by atoms with Crippen LogP contribution in [0.1, 0.15) is 16.3 Å². The average Bonchev–Trinajstić information content (AvgIpc) is 3.07. The Morgan fingerprint density at radius 2 is 1.63 bits per heavy atom. The number of aryl methyl sites for hydroxylation is 3. The minimum Gasteiger partial charge on any atom is -0.248 e. The van der Waals surface area contributed by atoms with Crippen molar-refractivity contribution in [2.24, 2.45) is 0 Å². The summed E-state index contributed by atoms with van der Waals surface area (Å²) in [5.41, 5.74) is 3.64. The Morgan fingerprint density at radius 3 is 2.30 bits per heavy atom. The highest BCUT2D eigenvalue weighted by Crippen LogP contribution is 2.34. The van der Waals surface area contributed by atoms with Crippen LogP contribution in [0.15, 0.2) is 51.8 Å². The maximum Gasteiger partial charge on any atom is 0.180 e. The molecule has 27 heavy (non-hydrogen) atoms. The Balaban J connectivity index is 1.72. The van der Waals surface area contributed by atoms with Gasteiger partial charge >= 0.3 is 0 Å². The third-order valence-electron chi connectivity index (χ3n) is 3.93. The molecule has 0 amide bonds. The molecule has 2 aromatic heterocycles. The standard InChI is InChI=1S/C19H14Cl2N4S2/c1-11-24-25-19(26-11)27-18-15(8-7-12-5-3-2-4-6-12)22-16-9-13(20)14(21)10-17(16)23-18/h2-6,9-10H,7-8H2,1H3. The molecule has 4 nitrogen and oxygen atoms in total. The van der Waals surface area contributed by atoms with E-state index < -0.39 is 0 Å². The molecule has 0 spiro atoms. The molecule has 0 aliphatic carbocycles. The first kappa shape index (κ1) is 18.6.